The molecule has 0 radical (unpaired) electrons. The lowest BCUT2D eigenvalue weighted by atomic mass is 10.2. The van der Waals surface area contributed by atoms with Gasteiger partial charge < -0.3 is 4.74 Å². The van der Waals surface area contributed by atoms with E-state index in [4.69, 9.17) is 4.74 Å². The van der Waals surface area contributed by atoms with Crippen molar-refractivity contribution in [2.45, 2.75) is 39.3 Å². The van der Waals surface area contributed by atoms with Crippen LogP contribution in [0.3, 0.4) is 0 Å². The summed E-state index contributed by atoms with van der Waals surface area (Å²) in [5.41, 5.74) is 1.07. The SMILES string of the molecule is CC(C)(C)OC(=O)CCn1nc2c(Br)ccc(Br)c2n1. The Bertz CT molecular complexity index is 608. The lowest BCUT2D eigenvalue weighted by Crippen LogP contribution is -2.24. The molecule has 5 nitrogen and oxygen atoms in total. The zero-order valence-corrected chi connectivity index (χ0v) is 14.7. The number of carbonyl (C=O) groups excluding carboxylic acids is 1. The summed E-state index contributed by atoms with van der Waals surface area (Å²) < 4.78 is 7.00. The van der Waals surface area contributed by atoms with Gasteiger partial charge in [0.05, 0.1) is 13.0 Å². The molecule has 0 spiro atoms. The predicted octanol–water partition coefficient (Wildman–Crippen LogP) is 3.69. The third-order valence-corrected chi connectivity index (χ3v) is 3.70. The summed E-state index contributed by atoms with van der Waals surface area (Å²) in [6.07, 6.45) is 0.244. The molecular weight excluding hydrogens is 390 g/mol. The molecule has 20 heavy (non-hydrogen) atoms. The van der Waals surface area contributed by atoms with Gasteiger partial charge in [0.1, 0.15) is 16.6 Å². The van der Waals surface area contributed by atoms with E-state index in [9.17, 15) is 4.79 Å². The third kappa shape index (κ3) is 3.79. The van der Waals surface area contributed by atoms with Crippen molar-refractivity contribution in [2.24, 2.45) is 0 Å². The number of aryl methyl sites for hydroxylation is 1. The molecule has 0 aliphatic rings. The Morgan fingerprint density at radius 3 is 2.15 bits per heavy atom. The molecule has 2 rings (SSSR count). The van der Waals surface area contributed by atoms with E-state index in [-0.39, 0.29) is 12.4 Å². The van der Waals surface area contributed by atoms with Crippen LogP contribution in [0.2, 0.25) is 0 Å². The van der Waals surface area contributed by atoms with Crippen LogP contribution in [-0.2, 0) is 16.1 Å². The predicted molar refractivity (Wildman–Crippen MR) is 83.4 cm³/mol. The molecule has 0 aliphatic carbocycles. The number of hydrogen-bond acceptors (Lipinski definition) is 4. The Kier molecular flexibility index (Phi) is 4.49. The number of nitrogens with zero attached hydrogens (tertiary/aromatic N) is 3. The number of hydrogen-bond donors (Lipinski definition) is 0. The largest absolute Gasteiger partial charge is 0.460 e. The molecule has 7 heteroatoms. The van der Waals surface area contributed by atoms with E-state index in [1.165, 1.54) is 4.80 Å². The summed E-state index contributed by atoms with van der Waals surface area (Å²) in [6.45, 7) is 5.93. The summed E-state index contributed by atoms with van der Waals surface area (Å²) in [6, 6.07) is 3.80. The average Bonchev–Trinajstić information content (AvgIpc) is 2.75. The van der Waals surface area contributed by atoms with Gasteiger partial charge in [-0.1, -0.05) is 0 Å². The molecule has 1 aromatic carbocycles. The molecule has 0 saturated carbocycles. The summed E-state index contributed by atoms with van der Waals surface area (Å²) >= 11 is 6.87. The van der Waals surface area contributed by atoms with Crippen molar-refractivity contribution in [3.63, 3.8) is 0 Å². The van der Waals surface area contributed by atoms with Gasteiger partial charge in [0, 0.05) is 8.95 Å². The van der Waals surface area contributed by atoms with Gasteiger partial charge in [-0.05, 0) is 64.8 Å². The van der Waals surface area contributed by atoms with Gasteiger partial charge in [0.2, 0.25) is 0 Å². The van der Waals surface area contributed by atoms with Gasteiger partial charge in [0.25, 0.3) is 0 Å². The Hall–Kier alpha value is -0.950. The first-order chi connectivity index (χ1) is 9.26. The first-order valence-electron chi connectivity index (χ1n) is 6.17. The van der Waals surface area contributed by atoms with Gasteiger partial charge in [-0.25, -0.2) is 0 Å². The van der Waals surface area contributed by atoms with Crippen molar-refractivity contribution in [1.82, 2.24) is 15.0 Å². The number of halogens is 2. The van der Waals surface area contributed by atoms with E-state index in [2.05, 4.69) is 42.1 Å². The number of carbonyl (C=O) groups is 1. The van der Waals surface area contributed by atoms with Crippen LogP contribution in [-0.4, -0.2) is 26.6 Å². The lowest BCUT2D eigenvalue weighted by molar-refractivity contribution is -0.155. The van der Waals surface area contributed by atoms with Crippen LogP contribution >= 0.6 is 31.9 Å². The zero-order chi connectivity index (χ0) is 14.9. The van der Waals surface area contributed by atoms with Gasteiger partial charge in [-0.15, -0.1) is 0 Å². The van der Waals surface area contributed by atoms with Crippen LogP contribution in [0.4, 0.5) is 0 Å². The number of aromatic nitrogens is 3. The Morgan fingerprint density at radius 2 is 1.70 bits per heavy atom. The number of ether oxygens (including phenoxy) is 1. The van der Waals surface area contributed by atoms with Gasteiger partial charge in [-0.3, -0.25) is 4.79 Å². The molecule has 0 fully saturated rings. The van der Waals surface area contributed by atoms with Crippen LogP contribution in [0.5, 0.6) is 0 Å². The monoisotopic (exact) mass is 403 g/mol. The van der Waals surface area contributed by atoms with E-state index >= 15 is 0 Å². The standard InChI is InChI=1S/C13H15Br2N3O2/c1-13(2,3)20-10(19)6-7-18-16-11-8(14)4-5-9(15)12(11)17-18/h4-5H,6-7H2,1-3H3. The second kappa shape index (κ2) is 5.81. The van der Waals surface area contributed by atoms with E-state index in [0.29, 0.717) is 6.54 Å². The maximum absolute atomic E-state index is 11.7. The van der Waals surface area contributed by atoms with Crippen molar-refractivity contribution < 1.29 is 9.53 Å². The maximum atomic E-state index is 11.7. The Morgan fingerprint density at radius 1 is 1.20 bits per heavy atom. The smallest absolute Gasteiger partial charge is 0.308 e. The fourth-order valence-electron chi connectivity index (χ4n) is 1.66. The van der Waals surface area contributed by atoms with Crippen LogP contribution in [0.1, 0.15) is 27.2 Å². The first kappa shape index (κ1) is 15.4. The van der Waals surface area contributed by atoms with Crippen molar-refractivity contribution in [3.05, 3.63) is 21.1 Å². The number of esters is 1. The summed E-state index contributed by atoms with van der Waals surface area (Å²) in [5, 5.41) is 8.72. The minimum absolute atomic E-state index is 0.244. The molecule has 2 aromatic rings. The molecule has 0 amide bonds. The van der Waals surface area contributed by atoms with Crippen LogP contribution in [0, 0.1) is 0 Å². The van der Waals surface area contributed by atoms with Gasteiger partial charge in [0.15, 0.2) is 0 Å². The fourth-order valence-corrected chi connectivity index (χ4v) is 2.46. The highest BCUT2D eigenvalue weighted by Gasteiger charge is 2.17. The quantitative estimate of drug-likeness (QED) is 0.732. The summed E-state index contributed by atoms with van der Waals surface area (Å²) in [7, 11) is 0. The highest BCUT2D eigenvalue weighted by atomic mass is 79.9. The molecule has 0 bridgehead atoms. The second-order valence-electron chi connectivity index (χ2n) is 5.36. The molecule has 0 aliphatic heterocycles. The second-order valence-corrected chi connectivity index (χ2v) is 7.07. The number of benzene rings is 1. The Labute approximate surface area is 133 Å². The van der Waals surface area contributed by atoms with Crippen LogP contribution in [0.15, 0.2) is 21.1 Å². The zero-order valence-electron chi connectivity index (χ0n) is 11.5. The molecule has 1 heterocycles. The van der Waals surface area contributed by atoms with E-state index in [1.54, 1.807) is 0 Å². The number of fused-ring (bicyclic) bond motifs is 1. The molecule has 0 saturated heterocycles. The maximum Gasteiger partial charge on any atom is 0.308 e. The topological polar surface area (TPSA) is 57.0 Å². The summed E-state index contributed by atoms with van der Waals surface area (Å²) in [5.74, 6) is -0.253. The highest BCUT2D eigenvalue weighted by molar-refractivity contribution is 9.11. The van der Waals surface area contributed by atoms with Crippen molar-refractivity contribution in [2.75, 3.05) is 0 Å². The van der Waals surface area contributed by atoms with Crippen molar-refractivity contribution in [3.8, 4) is 0 Å². The van der Waals surface area contributed by atoms with E-state index in [0.717, 1.165) is 20.0 Å². The third-order valence-electron chi connectivity index (χ3n) is 2.42. The number of rotatable bonds is 3. The fraction of sp³-hybridized carbons (Fsp3) is 0.462. The van der Waals surface area contributed by atoms with Gasteiger partial charge >= 0.3 is 5.97 Å². The van der Waals surface area contributed by atoms with Crippen molar-refractivity contribution >= 4 is 48.9 Å². The molecule has 0 unspecified atom stereocenters. The van der Waals surface area contributed by atoms with Crippen LogP contribution < -0.4 is 0 Å². The van der Waals surface area contributed by atoms with Crippen molar-refractivity contribution in [1.29, 1.82) is 0 Å². The minimum atomic E-state index is -0.467. The molecule has 0 N–H and O–H groups in total. The van der Waals surface area contributed by atoms with E-state index < -0.39 is 5.60 Å². The molecule has 1 aromatic heterocycles. The molecule has 108 valence electrons. The first-order valence-corrected chi connectivity index (χ1v) is 7.75. The van der Waals surface area contributed by atoms with Gasteiger partial charge in [-0.2, -0.15) is 15.0 Å². The lowest BCUT2D eigenvalue weighted by Gasteiger charge is -2.19. The summed E-state index contributed by atoms with van der Waals surface area (Å²) in [4.78, 5) is 13.2. The molecule has 0 atom stereocenters. The van der Waals surface area contributed by atoms with E-state index in [1.807, 2.05) is 32.9 Å². The normalized spacial score (nSPS) is 11.8. The Balaban J connectivity index is 2.10. The average molecular weight is 405 g/mol. The minimum Gasteiger partial charge on any atom is -0.460 e. The van der Waals surface area contributed by atoms with Crippen LogP contribution in [0.25, 0.3) is 11.0 Å². The highest BCUT2D eigenvalue weighted by Crippen LogP contribution is 2.27. The molecular formula is C13H15Br2N3O2.